The Morgan fingerprint density at radius 2 is 1.90 bits per heavy atom. The van der Waals surface area contributed by atoms with Crippen molar-refractivity contribution in [3.05, 3.63) is 67.9 Å². The molecule has 0 radical (unpaired) electrons. The number of rotatable bonds is 5. The van der Waals surface area contributed by atoms with E-state index in [1.54, 1.807) is 0 Å². The average molecular weight is 415 g/mol. The molecule has 0 aliphatic heterocycles. The van der Waals surface area contributed by atoms with Gasteiger partial charge in [-0.2, -0.15) is 0 Å². The second-order valence-corrected chi connectivity index (χ2v) is 6.83. The second kappa shape index (κ2) is 7.52. The van der Waals surface area contributed by atoms with Crippen molar-refractivity contribution < 1.29 is 4.39 Å². The molecule has 0 saturated heterocycles. The SMILES string of the molecule is CCNC(Cc1ccc(Br)cc1F)c1ccc(C)c(Br)c1. The summed E-state index contributed by atoms with van der Waals surface area (Å²) in [6, 6.07) is 11.6. The topological polar surface area (TPSA) is 12.0 Å². The molecule has 2 aromatic rings. The van der Waals surface area contributed by atoms with Crippen LogP contribution in [0, 0.1) is 12.7 Å². The molecule has 1 N–H and O–H groups in total. The van der Waals surface area contributed by atoms with Crippen molar-refractivity contribution in [1.82, 2.24) is 5.32 Å². The molecular weight excluding hydrogens is 397 g/mol. The predicted molar refractivity (Wildman–Crippen MR) is 93.1 cm³/mol. The normalized spacial score (nSPS) is 12.4. The molecule has 2 rings (SSSR count). The third-order valence-corrected chi connectivity index (χ3v) is 4.84. The minimum absolute atomic E-state index is 0.0996. The molecule has 0 aliphatic carbocycles. The second-order valence-electron chi connectivity index (χ2n) is 5.06. The lowest BCUT2D eigenvalue weighted by molar-refractivity contribution is 0.527. The molecule has 112 valence electrons. The van der Waals surface area contributed by atoms with E-state index < -0.39 is 0 Å². The number of halogens is 3. The number of aryl methyl sites for hydroxylation is 1. The van der Waals surface area contributed by atoms with Crippen LogP contribution in [0.2, 0.25) is 0 Å². The summed E-state index contributed by atoms with van der Waals surface area (Å²) in [7, 11) is 0. The summed E-state index contributed by atoms with van der Waals surface area (Å²) in [5.74, 6) is -0.168. The van der Waals surface area contributed by atoms with Gasteiger partial charge in [0.25, 0.3) is 0 Å². The van der Waals surface area contributed by atoms with Crippen molar-refractivity contribution in [2.75, 3.05) is 6.54 Å². The van der Waals surface area contributed by atoms with Crippen LogP contribution in [0.3, 0.4) is 0 Å². The summed E-state index contributed by atoms with van der Waals surface area (Å²) in [5, 5.41) is 3.44. The monoisotopic (exact) mass is 413 g/mol. The first-order chi connectivity index (χ1) is 10.0. The van der Waals surface area contributed by atoms with Gasteiger partial charge in [-0.3, -0.25) is 0 Å². The average Bonchev–Trinajstić information content (AvgIpc) is 2.44. The Kier molecular flexibility index (Phi) is 5.97. The number of likely N-dealkylation sites (N-methyl/N-ethyl adjacent to an activating group) is 1. The number of hydrogen-bond donors (Lipinski definition) is 1. The Labute approximate surface area is 142 Å². The highest BCUT2D eigenvalue weighted by atomic mass is 79.9. The van der Waals surface area contributed by atoms with Gasteiger partial charge in [0.05, 0.1) is 0 Å². The molecule has 0 bridgehead atoms. The van der Waals surface area contributed by atoms with Gasteiger partial charge in [-0.15, -0.1) is 0 Å². The maximum atomic E-state index is 14.0. The van der Waals surface area contributed by atoms with E-state index in [0.29, 0.717) is 6.42 Å². The van der Waals surface area contributed by atoms with Crippen molar-refractivity contribution in [2.24, 2.45) is 0 Å². The van der Waals surface area contributed by atoms with Crippen LogP contribution in [0.5, 0.6) is 0 Å². The standard InChI is InChI=1S/C17H18Br2FN/c1-3-21-17(13-5-4-11(2)15(19)8-13)9-12-6-7-14(18)10-16(12)20/h4-8,10,17,21H,3,9H2,1-2H3. The smallest absolute Gasteiger partial charge is 0.127 e. The Morgan fingerprint density at radius 1 is 1.14 bits per heavy atom. The molecule has 0 spiro atoms. The lowest BCUT2D eigenvalue weighted by Crippen LogP contribution is -2.23. The fourth-order valence-corrected chi connectivity index (χ4v) is 3.02. The highest BCUT2D eigenvalue weighted by molar-refractivity contribution is 9.10. The van der Waals surface area contributed by atoms with Gasteiger partial charge in [0, 0.05) is 15.0 Å². The maximum Gasteiger partial charge on any atom is 0.127 e. The van der Waals surface area contributed by atoms with Crippen molar-refractivity contribution in [1.29, 1.82) is 0 Å². The molecule has 0 amide bonds. The molecule has 1 nitrogen and oxygen atoms in total. The molecule has 0 saturated carbocycles. The van der Waals surface area contributed by atoms with Crippen LogP contribution in [0.15, 0.2) is 45.3 Å². The zero-order valence-corrected chi connectivity index (χ0v) is 15.3. The molecule has 0 aromatic heterocycles. The molecular formula is C17H18Br2FN. The fourth-order valence-electron chi connectivity index (χ4n) is 2.29. The van der Waals surface area contributed by atoms with Gasteiger partial charge in [-0.1, -0.05) is 57.0 Å². The van der Waals surface area contributed by atoms with Gasteiger partial charge >= 0.3 is 0 Å². The summed E-state index contributed by atoms with van der Waals surface area (Å²) < 4.78 is 15.9. The van der Waals surface area contributed by atoms with E-state index in [4.69, 9.17) is 0 Å². The van der Waals surface area contributed by atoms with E-state index in [1.165, 1.54) is 11.6 Å². The van der Waals surface area contributed by atoms with Gasteiger partial charge in [0.15, 0.2) is 0 Å². The maximum absolute atomic E-state index is 14.0. The molecule has 4 heteroatoms. The molecule has 0 heterocycles. The van der Waals surface area contributed by atoms with Crippen LogP contribution < -0.4 is 5.32 Å². The highest BCUT2D eigenvalue weighted by Crippen LogP contribution is 2.26. The van der Waals surface area contributed by atoms with Gasteiger partial charge in [0.1, 0.15) is 5.82 Å². The molecule has 0 aliphatic rings. The molecule has 0 fully saturated rings. The van der Waals surface area contributed by atoms with Crippen LogP contribution >= 0.6 is 31.9 Å². The number of benzene rings is 2. The largest absolute Gasteiger partial charge is 0.310 e. The molecule has 1 atom stereocenters. The van der Waals surface area contributed by atoms with Crippen LogP contribution in [0.25, 0.3) is 0 Å². The first-order valence-corrected chi connectivity index (χ1v) is 8.53. The van der Waals surface area contributed by atoms with E-state index in [2.05, 4.69) is 69.2 Å². The minimum atomic E-state index is -0.168. The highest BCUT2D eigenvalue weighted by Gasteiger charge is 2.14. The molecule has 21 heavy (non-hydrogen) atoms. The van der Waals surface area contributed by atoms with E-state index >= 15 is 0 Å². The van der Waals surface area contributed by atoms with Gasteiger partial charge in [0.2, 0.25) is 0 Å². The van der Waals surface area contributed by atoms with Gasteiger partial charge in [-0.05, 0) is 54.8 Å². The van der Waals surface area contributed by atoms with Crippen LogP contribution in [-0.4, -0.2) is 6.54 Å². The Balaban J connectivity index is 2.28. The van der Waals surface area contributed by atoms with Crippen molar-refractivity contribution in [2.45, 2.75) is 26.3 Å². The van der Waals surface area contributed by atoms with Crippen LogP contribution in [-0.2, 0) is 6.42 Å². The van der Waals surface area contributed by atoms with Gasteiger partial charge < -0.3 is 5.32 Å². The summed E-state index contributed by atoms with van der Waals surface area (Å²) in [4.78, 5) is 0. The summed E-state index contributed by atoms with van der Waals surface area (Å²) in [5.41, 5.74) is 3.08. The first kappa shape index (κ1) is 16.7. The number of hydrogen-bond acceptors (Lipinski definition) is 1. The summed E-state index contributed by atoms with van der Waals surface area (Å²) in [6.45, 7) is 4.97. The third kappa shape index (κ3) is 4.38. The fraction of sp³-hybridized carbons (Fsp3) is 0.294. The van der Waals surface area contributed by atoms with Crippen molar-refractivity contribution in [3.8, 4) is 0 Å². The molecule has 1 unspecified atom stereocenters. The Hall–Kier alpha value is -0.710. The van der Waals surface area contributed by atoms with Crippen molar-refractivity contribution in [3.63, 3.8) is 0 Å². The number of nitrogens with one attached hydrogen (secondary N) is 1. The van der Waals surface area contributed by atoms with E-state index in [1.807, 2.05) is 12.1 Å². The zero-order chi connectivity index (χ0) is 15.4. The van der Waals surface area contributed by atoms with E-state index in [0.717, 1.165) is 26.6 Å². The van der Waals surface area contributed by atoms with Crippen LogP contribution in [0.1, 0.15) is 29.7 Å². The lowest BCUT2D eigenvalue weighted by Gasteiger charge is -2.20. The van der Waals surface area contributed by atoms with Crippen molar-refractivity contribution >= 4 is 31.9 Å². The third-order valence-electron chi connectivity index (χ3n) is 3.49. The first-order valence-electron chi connectivity index (χ1n) is 6.94. The minimum Gasteiger partial charge on any atom is -0.310 e. The van der Waals surface area contributed by atoms with Crippen LogP contribution in [0.4, 0.5) is 4.39 Å². The van der Waals surface area contributed by atoms with E-state index in [-0.39, 0.29) is 11.9 Å². The Bertz CT molecular complexity index is 628. The summed E-state index contributed by atoms with van der Waals surface area (Å²) in [6.07, 6.45) is 0.627. The zero-order valence-electron chi connectivity index (χ0n) is 12.1. The van der Waals surface area contributed by atoms with Gasteiger partial charge in [-0.25, -0.2) is 4.39 Å². The Morgan fingerprint density at radius 3 is 2.52 bits per heavy atom. The lowest BCUT2D eigenvalue weighted by atomic mass is 9.97. The quantitative estimate of drug-likeness (QED) is 0.675. The summed E-state index contributed by atoms with van der Waals surface area (Å²) >= 11 is 6.86. The van der Waals surface area contributed by atoms with E-state index in [9.17, 15) is 4.39 Å². The predicted octanol–water partition coefficient (Wildman–Crippen LogP) is 5.55. The molecule has 2 aromatic carbocycles.